The Morgan fingerprint density at radius 1 is 1.44 bits per heavy atom. The third-order valence-electron chi connectivity index (χ3n) is 2.78. The van der Waals surface area contributed by atoms with Gasteiger partial charge in [-0.15, -0.1) is 11.8 Å². The van der Waals surface area contributed by atoms with E-state index in [1.807, 2.05) is 6.26 Å². The van der Waals surface area contributed by atoms with Crippen LogP contribution in [0.25, 0.3) is 0 Å². The van der Waals surface area contributed by atoms with Crippen LogP contribution in [-0.2, 0) is 11.2 Å². The molecule has 1 aromatic carbocycles. The van der Waals surface area contributed by atoms with Crippen molar-refractivity contribution >= 4 is 17.7 Å². The molecule has 1 aromatic rings. The van der Waals surface area contributed by atoms with Gasteiger partial charge in [-0.2, -0.15) is 0 Å². The van der Waals surface area contributed by atoms with Crippen LogP contribution < -0.4 is 5.73 Å². The maximum atomic E-state index is 11.6. The first-order valence-electron chi connectivity index (χ1n) is 5.84. The SMILES string of the molecule is CSc1ccc(CCN(C)C(=O)C(O)CN)cc1. The Morgan fingerprint density at radius 3 is 2.56 bits per heavy atom. The van der Waals surface area contributed by atoms with E-state index < -0.39 is 6.10 Å². The van der Waals surface area contributed by atoms with E-state index in [4.69, 9.17) is 5.73 Å². The fourth-order valence-corrected chi connectivity index (χ4v) is 1.96. The second-order valence-electron chi connectivity index (χ2n) is 4.11. The molecule has 18 heavy (non-hydrogen) atoms. The minimum absolute atomic E-state index is 0.0361. The van der Waals surface area contributed by atoms with Crippen molar-refractivity contribution in [2.24, 2.45) is 5.73 Å². The van der Waals surface area contributed by atoms with Crippen molar-refractivity contribution in [2.75, 3.05) is 26.4 Å². The maximum absolute atomic E-state index is 11.6. The van der Waals surface area contributed by atoms with Gasteiger partial charge in [-0.3, -0.25) is 4.79 Å². The minimum Gasteiger partial charge on any atom is -0.382 e. The highest BCUT2D eigenvalue weighted by atomic mass is 32.2. The normalized spacial score (nSPS) is 12.2. The Bertz CT molecular complexity index is 381. The van der Waals surface area contributed by atoms with Gasteiger partial charge in [-0.25, -0.2) is 0 Å². The minimum atomic E-state index is -1.09. The highest BCUT2D eigenvalue weighted by Gasteiger charge is 2.17. The Kier molecular flexibility index (Phi) is 6.18. The number of likely N-dealkylation sites (N-methyl/N-ethyl adjacent to an activating group) is 1. The average Bonchev–Trinajstić information content (AvgIpc) is 2.43. The lowest BCUT2D eigenvalue weighted by atomic mass is 10.1. The third kappa shape index (κ3) is 4.33. The van der Waals surface area contributed by atoms with E-state index >= 15 is 0 Å². The highest BCUT2D eigenvalue weighted by Crippen LogP contribution is 2.15. The molecule has 0 aliphatic heterocycles. The molecule has 0 aliphatic rings. The lowest BCUT2D eigenvalue weighted by molar-refractivity contribution is -0.138. The van der Waals surface area contributed by atoms with Gasteiger partial charge < -0.3 is 15.7 Å². The summed E-state index contributed by atoms with van der Waals surface area (Å²) in [6, 6.07) is 8.25. The van der Waals surface area contributed by atoms with Crippen molar-refractivity contribution in [1.29, 1.82) is 0 Å². The maximum Gasteiger partial charge on any atom is 0.252 e. The molecule has 0 saturated heterocycles. The number of carbonyl (C=O) groups excluding carboxylic acids is 1. The number of aliphatic hydroxyl groups is 1. The van der Waals surface area contributed by atoms with Gasteiger partial charge in [0, 0.05) is 25.0 Å². The monoisotopic (exact) mass is 268 g/mol. The molecule has 1 rings (SSSR count). The van der Waals surface area contributed by atoms with E-state index in [9.17, 15) is 9.90 Å². The predicted molar refractivity (Wildman–Crippen MR) is 74.6 cm³/mol. The number of rotatable bonds is 6. The molecule has 5 heteroatoms. The van der Waals surface area contributed by atoms with Crippen molar-refractivity contribution in [3.05, 3.63) is 29.8 Å². The summed E-state index contributed by atoms with van der Waals surface area (Å²) in [5.41, 5.74) is 6.43. The van der Waals surface area contributed by atoms with Crippen molar-refractivity contribution in [1.82, 2.24) is 4.90 Å². The predicted octanol–water partition coefficient (Wildman–Crippen LogP) is 0.729. The smallest absolute Gasteiger partial charge is 0.252 e. The molecule has 1 unspecified atom stereocenters. The van der Waals surface area contributed by atoms with Gasteiger partial charge in [0.2, 0.25) is 0 Å². The van der Waals surface area contributed by atoms with Gasteiger partial charge in [0.05, 0.1) is 0 Å². The summed E-state index contributed by atoms with van der Waals surface area (Å²) in [6.07, 6.45) is 1.72. The Hall–Kier alpha value is -1.04. The molecule has 0 radical (unpaired) electrons. The van der Waals surface area contributed by atoms with Gasteiger partial charge in [0.25, 0.3) is 5.91 Å². The first kappa shape index (κ1) is 15.0. The number of thioether (sulfide) groups is 1. The van der Waals surface area contributed by atoms with Crippen molar-refractivity contribution in [3.8, 4) is 0 Å². The zero-order chi connectivity index (χ0) is 13.5. The van der Waals surface area contributed by atoms with Crippen LogP contribution in [-0.4, -0.2) is 48.4 Å². The van der Waals surface area contributed by atoms with E-state index in [1.54, 1.807) is 18.8 Å². The topological polar surface area (TPSA) is 66.6 Å². The quantitative estimate of drug-likeness (QED) is 0.746. The zero-order valence-corrected chi connectivity index (χ0v) is 11.6. The number of benzene rings is 1. The van der Waals surface area contributed by atoms with E-state index in [-0.39, 0.29) is 12.5 Å². The Labute approximate surface area is 112 Å². The van der Waals surface area contributed by atoms with E-state index in [2.05, 4.69) is 24.3 Å². The summed E-state index contributed by atoms with van der Waals surface area (Å²) in [4.78, 5) is 14.3. The van der Waals surface area contributed by atoms with Crippen LogP contribution in [0.1, 0.15) is 5.56 Å². The fourth-order valence-electron chi connectivity index (χ4n) is 1.55. The molecular weight excluding hydrogens is 248 g/mol. The number of nitrogens with two attached hydrogens (primary N) is 1. The summed E-state index contributed by atoms with van der Waals surface area (Å²) in [6.45, 7) is 0.542. The van der Waals surface area contributed by atoms with Crippen molar-refractivity contribution < 1.29 is 9.90 Å². The second-order valence-corrected chi connectivity index (χ2v) is 4.99. The number of aliphatic hydroxyl groups excluding tert-OH is 1. The Morgan fingerprint density at radius 2 is 2.06 bits per heavy atom. The summed E-state index contributed by atoms with van der Waals surface area (Å²) >= 11 is 1.70. The summed E-state index contributed by atoms with van der Waals surface area (Å²) in [7, 11) is 1.68. The molecule has 0 spiro atoms. The molecule has 1 amide bonds. The van der Waals surface area contributed by atoms with E-state index in [1.165, 1.54) is 15.4 Å². The number of amides is 1. The van der Waals surface area contributed by atoms with Gasteiger partial charge >= 0.3 is 0 Å². The number of carbonyl (C=O) groups is 1. The summed E-state index contributed by atoms with van der Waals surface area (Å²) in [5.74, 6) is -0.321. The van der Waals surface area contributed by atoms with E-state index in [0.717, 1.165) is 6.42 Å². The zero-order valence-electron chi connectivity index (χ0n) is 10.8. The molecule has 4 nitrogen and oxygen atoms in total. The molecule has 0 aromatic heterocycles. The Balaban J connectivity index is 2.46. The number of hydrogen-bond donors (Lipinski definition) is 2. The number of nitrogens with zero attached hydrogens (tertiary/aromatic N) is 1. The van der Waals surface area contributed by atoms with Gasteiger partial charge in [0.1, 0.15) is 6.10 Å². The van der Waals surface area contributed by atoms with Crippen LogP contribution >= 0.6 is 11.8 Å². The largest absolute Gasteiger partial charge is 0.382 e. The van der Waals surface area contributed by atoms with Gasteiger partial charge in [-0.05, 0) is 30.4 Å². The van der Waals surface area contributed by atoms with Crippen LogP contribution in [0.3, 0.4) is 0 Å². The molecule has 0 aliphatic carbocycles. The van der Waals surface area contributed by atoms with Crippen LogP contribution in [0.5, 0.6) is 0 Å². The van der Waals surface area contributed by atoms with E-state index in [0.29, 0.717) is 6.54 Å². The van der Waals surface area contributed by atoms with Crippen LogP contribution in [0.2, 0.25) is 0 Å². The number of hydrogen-bond acceptors (Lipinski definition) is 4. The van der Waals surface area contributed by atoms with Gasteiger partial charge in [-0.1, -0.05) is 12.1 Å². The van der Waals surface area contributed by atoms with Crippen molar-refractivity contribution in [2.45, 2.75) is 17.4 Å². The van der Waals surface area contributed by atoms with Crippen molar-refractivity contribution in [3.63, 3.8) is 0 Å². The molecular formula is C13H20N2O2S. The molecule has 0 bridgehead atoms. The van der Waals surface area contributed by atoms with Crippen LogP contribution in [0.15, 0.2) is 29.2 Å². The third-order valence-corrected chi connectivity index (χ3v) is 3.52. The second kappa shape index (κ2) is 7.41. The highest BCUT2D eigenvalue weighted by molar-refractivity contribution is 7.98. The molecule has 100 valence electrons. The average molecular weight is 268 g/mol. The fraction of sp³-hybridized carbons (Fsp3) is 0.462. The van der Waals surface area contributed by atoms with Gasteiger partial charge in [0.15, 0.2) is 0 Å². The summed E-state index contributed by atoms with van der Waals surface area (Å²) < 4.78 is 0. The summed E-state index contributed by atoms with van der Waals surface area (Å²) in [5, 5.41) is 9.34. The van der Waals surface area contributed by atoms with Crippen LogP contribution in [0, 0.1) is 0 Å². The standard InChI is InChI=1S/C13H20N2O2S/c1-15(13(17)12(16)9-14)8-7-10-3-5-11(18-2)6-4-10/h3-6,12,16H,7-9,14H2,1-2H3. The lowest BCUT2D eigenvalue weighted by Gasteiger charge is -2.19. The molecule has 0 saturated carbocycles. The molecule has 1 atom stereocenters. The lowest BCUT2D eigenvalue weighted by Crippen LogP contribution is -2.41. The molecule has 3 N–H and O–H groups in total. The first-order valence-corrected chi connectivity index (χ1v) is 7.07. The van der Waals surface area contributed by atoms with Crippen LogP contribution in [0.4, 0.5) is 0 Å². The molecule has 0 heterocycles. The molecule has 0 fully saturated rings. The first-order chi connectivity index (χ1) is 8.58.